The normalized spacial score (nSPS) is 10.1. The van der Waals surface area contributed by atoms with E-state index in [-0.39, 0.29) is 5.82 Å². The maximum atomic E-state index is 13.3. The summed E-state index contributed by atoms with van der Waals surface area (Å²) in [5.74, 6) is 0.131. The first kappa shape index (κ1) is 14.3. The van der Waals surface area contributed by atoms with Gasteiger partial charge in [-0.1, -0.05) is 29.8 Å². The van der Waals surface area contributed by atoms with E-state index < -0.39 is 6.03 Å². The Labute approximate surface area is 121 Å². The molecule has 0 aliphatic carbocycles. The Morgan fingerprint density at radius 1 is 1.25 bits per heavy atom. The smallest absolute Gasteiger partial charge is 0.320 e. The van der Waals surface area contributed by atoms with E-state index in [0.717, 1.165) is 0 Å². The number of pyridine rings is 1. The predicted octanol–water partition coefficient (Wildman–Crippen LogP) is 3.24. The fourth-order valence-electron chi connectivity index (χ4n) is 1.62. The second-order valence-electron chi connectivity index (χ2n) is 4.08. The number of anilines is 1. The third kappa shape index (κ3) is 4.20. The molecule has 0 saturated carbocycles. The molecule has 1 heterocycles. The van der Waals surface area contributed by atoms with Crippen molar-refractivity contribution < 1.29 is 9.18 Å². The Balaban J connectivity index is 1.78. The van der Waals surface area contributed by atoms with Crippen LogP contribution < -0.4 is 10.6 Å². The highest BCUT2D eigenvalue weighted by Gasteiger charge is 2.04. The Hall–Kier alpha value is -2.14. The van der Waals surface area contributed by atoms with Crippen LogP contribution in [0.25, 0.3) is 0 Å². The lowest BCUT2D eigenvalue weighted by atomic mass is 10.1. The van der Waals surface area contributed by atoms with Crippen molar-refractivity contribution in [2.45, 2.75) is 6.42 Å². The minimum absolute atomic E-state index is 0.269. The number of hydrogen-bond acceptors (Lipinski definition) is 2. The summed E-state index contributed by atoms with van der Waals surface area (Å²) < 4.78 is 13.3. The lowest BCUT2D eigenvalue weighted by Crippen LogP contribution is -2.30. The third-order valence-corrected chi connectivity index (χ3v) is 2.83. The predicted molar refractivity (Wildman–Crippen MR) is 76.4 cm³/mol. The summed E-state index contributed by atoms with van der Waals surface area (Å²) in [6, 6.07) is 9.31. The van der Waals surface area contributed by atoms with Crippen molar-refractivity contribution in [1.82, 2.24) is 10.3 Å². The van der Waals surface area contributed by atoms with Crippen molar-refractivity contribution in [3.63, 3.8) is 0 Å². The van der Waals surface area contributed by atoms with Crippen molar-refractivity contribution in [2.75, 3.05) is 11.9 Å². The molecule has 0 unspecified atom stereocenters. The fraction of sp³-hybridized carbons (Fsp3) is 0.143. The van der Waals surface area contributed by atoms with Crippen LogP contribution in [0.3, 0.4) is 0 Å². The number of halogens is 2. The van der Waals surface area contributed by atoms with Crippen molar-refractivity contribution in [2.24, 2.45) is 0 Å². The molecule has 0 aliphatic heterocycles. The molecular formula is C14H13ClFN3O. The van der Waals surface area contributed by atoms with E-state index in [4.69, 9.17) is 11.6 Å². The molecule has 0 radical (unpaired) electrons. The van der Waals surface area contributed by atoms with Gasteiger partial charge in [-0.2, -0.15) is 0 Å². The lowest BCUT2D eigenvalue weighted by molar-refractivity contribution is 0.252. The van der Waals surface area contributed by atoms with Crippen LogP contribution >= 0.6 is 11.6 Å². The van der Waals surface area contributed by atoms with Crippen molar-refractivity contribution in [1.29, 1.82) is 0 Å². The number of benzene rings is 1. The van der Waals surface area contributed by atoms with Crippen LogP contribution in [-0.2, 0) is 6.42 Å². The molecule has 6 heteroatoms. The van der Waals surface area contributed by atoms with E-state index in [1.54, 1.807) is 30.3 Å². The molecule has 0 fully saturated rings. The van der Waals surface area contributed by atoms with E-state index in [2.05, 4.69) is 15.6 Å². The van der Waals surface area contributed by atoms with Gasteiger partial charge in [-0.3, -0.25) is 5.32 Å². The maximum Gasteiger partial charge on any atom is 0.320 e. The summed E-state index contributed by atoms with van der Waals surface area (Å²) in [7, 11) is 0. The summed E-state index contributed by atoms with van der Waals surface area (Å²) in [5.41, 5.74) is 0.567. The van der Waals surface area contributed by atoms with Gasteiger partial charge in [-0.25, -0.2) is 14.2 Å². The van der Waals surface area contributed by atoms with Crippen LogP contribution in [0.2, 0.25) is 5.02 Å². The molecule has 1 aromatic carbocycles. The summed E-state index contributed by atoms with van der Waals surface area (Å²) in [4.78, 5) is 15.5. The second kappa shape index (κ2) is 6.86. The number of carbonyl (C=O) groups excluding carboxylic acids is 1. The summed E-state index contributed by atoms with van der Waals surface area (Å²) in [6.45, 7) is 0.334. The van der Waals surface area contributed by atoms with E-state index >= 15 is 0 Å². The monoisotopic (exact) mass is 293 g/mol. The first-order chi connectivity index (χ1) is 9.65. The van der Waals surface area contributed by atoms with Gasteiger partial charge in [0.2, 0.25) is 0 Å². The first-order valence-corrected chi connectivity index (χ1v) is 6.43. The van der Waals surface area contributed by atoms with Gasteiger partial charge in [0.05, 0.1) is 5.02 Å². The van der Waals surface area contributed by atoms with Crippen LogP contribution in [0, 0.1) is 5.82 Å². The van der Waals surface area contributed by atoms with Gasteiger partial charge < -0.3 is 5.32 Å². The van der Waals surface area contributed by atoms with Crippen molar-refractivity contribution >= 4 is 23.4 Å². The van der Waals surface area contributed by atoms with Gasteiger partial charge in [0.1, 0.15) is 11.6 Å². The summed E-state index contributed by atoms with van der Waals surface area (Å²) in [5, 5.41) is 5.68. The van der Waals surface area contributed by atoms with E-state index in [9.17, 15) is 9.18 Å². The van der Waals surface area contributed by atoms with Crippen LogP contribution in [0.15, 0.2) is 42.6 Å². The topological polar surface area (TPSA) is 54.0 Å². The van der Waals surface area contributed by atoms with Gasteiger partial charge in [0, 0.05) is 12.7 Å². The zero-order chi connectivity index (χ0) is 14.4. The molecule has 20 heavy (non-hydrogen) atoms. The molecule has 0 saturated heterocycles. The molecule has 2 amide bonds. The number of rotatable bonds is 4. The number of nitrogens with zero attached hydrogens (tertiary/aromatic N) is 1. The molecule has 2 N–H and O–H groups in total. The van der Waals surface area contributed by atoms with Gasteiger partial charge in [-0.05, 0) is 30.2 Å². The van der Waals surface area contributed by atoms with Gasteiger partial charge in [0.25, 0.3) is 0 Å². The third-order valence-electron chi connectivity index (χ3n) is 2.61. The van der Waals surface area contributed by atoms with Crippen LogP contribution in [0.5, 0.6) is 0 Å². The number of hydrogen-bond donors (Lipinski definition) is 2. The highest BCUT2D eigenvalue weighted by atomic mass is 35.5. The Kier molecular flexibility index (Phi) is 4.90. The van der Waals surface area contributed by atoms with E-state index in [0.29, 0.717) is 29.4 Å². The van der Waals surface area contributed by atoms with E-state index in [1.807, 2.05) is 0 Å². The van der Waals surface area contributed by atoms with Gasteiger partial charge >= 0.3 is 6.03 Å². The number of urea groups is 1. The zero-order valence-electron chi connectivity index (χ0n) is 10.6. The van der Waals surface area contributed by atoms with Crippen LogP contribution in [-0.4, -0.2) is 17.6 Å². The zero-order valence-corrected chi connectivity index (χ0v) is 11.3. The molecule has 4 nitrogen and oxygen atoms in total. The van der Waals surface area contributed by atoms with Gasteiger partial charge in [0.15, 0.2) is 0 Å². The molecule has 0 bridgehead atoms. The quantitative estimate of drug-likeness (QED) is 0.909. The maximum absolute atomic E-state index is 13.3. The van der Waals surface area contributed by atoms with Gasteiger partial charge in [-0.15, -0.1) is 0 Å². The van der Waals surface area contributed by atoms with Crippen LogP contribution in [0.1, 0.15) is 5.56 Å². The lowest BCUT2D eigenvalue weighted by Gasteiger charge is -2.07. The molecule has 1 aromatic heterocycles. The number of nitrogens with one attached hydrogen (secondary N) is 2. The largest absolute Gasteiger partial charge is 0.337 e. The molecule has 0 spiro atoms. The minimum Gasteiger partial charge on any atom is -0.337 e. The molecule has 2 rings (SSSR count). The Morgan fingerprint density at radius 3 is 2.75 bits per heavy atom. The summed E-state index contributed by atoms with van der Waals surface area (Å²) >= 11 is 5.69. The molecule has 0 atom stereocenters. The number of carbonyl (C=O) groups is 1. The molecule has 2 aromatic rings. The number of aromatic nitrogens is 1. The highest BCUT2D eigenvalue weighted by Crippen LogP contribution is 2.09. The van der Waals surface area contributed by atoms with Crippen LogP contribution in [0.4, 0.5) is 15.0 Å². The molecule has 104 valence electrons. The summed E-state index contributed by atoms with van der Waals surface area (Å²) in [6.07, 6.45) is 1.87. The molecule has 0 aliphatic rings. The average molecular weight is 294 g/mol. The SMILES string of the molecule is O=C(NCCc1ccccc1F)Nc1ccc(Cl)cn1. The van der Waals surface area contributed by atoms with E-state index in [1.165, 1.54) is 12.3 Å². The van der Waals surface area contributed by atoms with Crippen molar-refractivity contribution in [3.05, 3.63) is 59.0 Å². The Bertz CT molecular complexity index is 589. The molecular weight excluding hydrogens is 281 g/mol. The Morgan fingerprint density at radius 2 is 2.05 bits per heavy atom. The van der Waals surface area contributed by atoms with Crippen molar-refractivity contribution in [3.8, 4) is 0 Å². The highest BCUT2D eigenvalue weighted by molar-refractivity contribution is 6.30. The standard InChI is InChI=1S/C14H13ClFN3O/c15-11-5-6-13(18-9-11)19-14(20)17-8-7-10-3-1-2-4-12(10)16/h1-6,9H,7-8H2,(H2,17,18,19,20). The fourth-order valence-corrected chi connectivity index (χ4v) is 1.73. The average Bonchev–Trinajstić information content (AvgIpc) is 2.43. The number of amides is 2. The minimum atomic E-state index is -0.392. The first-order valence-electron chi connectivity index (χ1n) is 6.05. The second-order valence-corrected chi connectivity index (χ2v) is 4.52.